The number of hydrogen-bond acceptors (Lipinski definition) is 7. The summed E-state index contributed by atoms with van der Waals surface area (Å²) in [6.07, 6.45) is -0.365. The average molecular weight is 548 g/mol. The largest absolute Gasteiger partial charge is 0.755 e. The van der Waals surface area contributed by atoms with Crippen molar-refractivity contribution in [1.29, 1.82) is 0 Å². The fourth-order valence-corrected chi connectivity index (χ4v) is 4.19. The Morgan fingerprint density at radius 2 is 1.89 bits per heavy atom. The van der Waals surface area contributed by atoms with E-state index in [9.17, 15) is 23.8 Å². The van der Waals surface area contributed by atoms with Crippen LogP contribution in [0.5, 0.6) is 11.5 Å². The first kappa shape index (κ1) is 28.4. The molecule has 0 amide bonds. The van der Waals surface area contributed by atoms with Crippen LogP contribution in [-0.2, 0) is 22.5 Å². The molecular weight excluding hydrogens is 520 g/mol. The minimum atomic E-state index is -2.55. The first-order valence-electron chi connectivity index (χ1n) is 11.4. The molecule has 3 aromatic rings. The quantitative estimate of drug-likeness (QED) is 0.187. The summed E-state index contributed by atoms with van der Waals surface area (Å²) in [4.78, 5) is 10.7. The fraction of sp³-hybridized carbons (Fsp3) is 0.269. The maximum absolute atomic E-state index is 11.2. The molecule has 2 atom stereocenters. The number of phenols is 1. The number of aliphatic carboxylic acids is 1. The van der Waals surface area contributed by atoms with Crippen LogP contribution in [0.1, 0.15) is 23.7 Å². The lowest BCUT2D eigenvalue weighted by atomic mass is 10.0. The molecule has 0 saturated carbocycles. The molecule has 3 aromatic carbocycles. The molecule has 198 valence electrons. The number of carboxylic acids is 1. The van der Waals surface area contributed by atoms with Crippen molar-refractivity contribution in [1.82, 2.24) is 5.32 Å². The van der Waals surface area contributed by atoms with Gasteiger partial charge in [0.25, 0.3) is 0 Å². The molecule has 0 spiro atoms. The van der Waals surface area contributed by atoms with E-state index in [0.717, 1.165) is 21.0 Å². The number of aliphatic hydroxyl groups excluding tert-OH is 1. The number of aliphatic hydroxyl groups is 1. The van der Waals surface area contributed by atoms with Gasteiger partial charge in [0.05, 0.1) is 16.8 Å². The Hall–Kier alpha value is -3.15. The van der Waals surface area contributed by atoms with Crippen LogP contribution >= 0.6 is 11.6 Å². The molecule has 3 rings (SSSR count). The zero-order valence-electron chi connectivity index (χ0n) is 20.1. The maximum atomic E-state index is 11.2. The molecule has 0 aromatic heterocycles. The average Bonchev–Trinajstić information content (AvgIpc) is 2.87. The normalized spacial score (nSPS) is 12.6. The van der Waals surface area contributed by atoms with Crippen molar-refractivity contribution in [2.75, 3.05) is 31.0 Å². The number of halogens is 1. The SMILES string of the molecule is CN(c1cc(C(O)CNCCOc2ccc(-c3ccc(CCC(=O)O)cc3)c(Cl)c2)ccc1O)S(=O)[O-]. The molecule has 0 fully saturated rings. The van der Waals surface area contributed by atoms with Crippen LogP contribution in [0, 0.1) is 0 Å². The lowest BCUT2D eigenvalue weighted by Crippen LogP contribution is -2.26. The molecule has 0 heterocycles. The number of phenolic OH excluding ortho intramolecular Hbond substituents is 1. The molecular formula is C26H28ClN2O7S-. The van der Waals surface area contributed by atoms with Gasteiger partial charge >= 0.3 is 5.97 Å². The number of benzene rings is 3. The van der Waals surface area contributed by atoms with Gasteiger partial charge in [0.15, 0.2) is 0 Å². The van der Waals surface area contributed by atoms with Gasteiger partial charge in [0.2, 0.25) is 0 Å². The van der Waals surface area contributed by atoms with Gasteiger partial charge in [-0.1, -0.05) is 41.9 Å². The van der Waals surface area contributed by atoms with Crippen molar-refractivity contribution in [2.45, 2.75) is 18.9 Å². The van der Waals surface area contributed by atoms with Gasteiger partial charge in [0, 0.05) is 43.4 Å². The van der Waals surface area contributed by atoms with Crippen LogP contribution in [-0.4, -0.2) is 56.8 Å². The van der Waals surface area contributed by atoms with Gasteiger partial charge in [-0.05, 0) is 53.4 Å². The van der Waals surface area contributed by atoms with Gasteiger partial charge < -0.3 is 34.2 Å². The molecule has 0 aliphatic rings. The number of hydrogen-bond donors (Lipinski definition) is 4. The summed E-state index contributed by atoms with van der Waals surface area (Å²) in [6, 6.07) is 17.3. The van der Waals surface area contributed by atoms with E-state index in [1.165, 1.54) is 25.2 Å². The summed E-state index contributed by atoms with van der Waals surface area (Å²) in [6.45, 7) is 0.947. The molecule has 2 unspecified atom stereocenters. The van der Waals surface area contributed by atoms with Crippen molar-refractivity contribution in [2.24, 2.45) is 0 Å². The number of nitrogens with zero attached hydrogens (tertiary/aromatic N) is 1. The molecule has 0 aliphatic carbocycles. The number of ether oxygens (including phenoxy) is 1. The molecule has 0 aliphatic heterocycles. The van der Waals surface area contributed by atoms with Crippen molar-refractivity contribution < 1.29 is 33.6 Å². The van der Waals surface area contributed by atoms with Crippen LogP contribution in [0.2, 0.25) is 5.02 Å². The lowest BCUT2D eigenvalue weighted by molar-refractivity contribution is -0.136. The van der Waals surface area contributed by atoms with E-state index >= 15 is 0 Å². The second-order valence-corrected chi connectivity index (χ2v) is 9.65. The van der Waals surface area contributed by atoms with E-state index in [0.29, 0.717) is 35.9 Å². The number of carbonyl (C=O) groups is 1. The number of anilines is 1. The molecule has 37 heavy (non-hydrogen) atoms. The van der Waals surface area contributed by atoms with Gasteiger partial charge in [-0.15, -0.1) is 0 Å². The van der Waals surface area contributed by atoms with Crippen LogP contribution in [0.4, 0.5) is 5.69 Å². The second kappa shape index (κ2) is 13.4. The smallest absolute Gasteiger partial charge is 0.303 e. The monoisotopic (exact) mass is 547 g/mol. The zero-order chi connectivity index (χ0) is 26.9. The van der Waals surface area contributed by atoms with E-state index in [1.807, 2.05) is 36.4 Å². The predicted octanol–water partition coefficient (Wildman–Crippen LogP) is 3.66. The van der Waals surface area contributed by atoms with Crippen molar-refractivity contribution in [3.63, 3.8) is 0 Å². The van der Waals surface area contributed by atoms with Gasteiger partial charge in [0.1, 0.15) is 18.1 Å². The van der Waals surface area contributed by atoms with Crippen molar-refractivity contribution >= 4 is 34.5 Å². The molecule has 0 bridgehead atoms. The second-order valence-electron chi connectivity index (χ2n) is 8.26. The highest BCUT2D eigenvalue weighted by molar-refractivity contribution is 7.80. The highest BCUT2D eigenvalue weighted by Crippen LogP contribution is 2.32. The first-order valence-corrected chi connectivity index (χ1v) is 12.8. The Morgan fingerprint density at radius 1 is 1.16 bits per heavy atom. The Labute approximate surface area is 222 Å². The fourth-order valence-electron chi connectivity index (χ4n) is 3.60. The minimum Gasteiger partial charge on any atom is -0.755 e. The summed E-state index contributed by atoms with van der Waals surface area (Å²) in [5.41, 5.74) is 3.21. The van der Waals surface area contributed by atoms with E-state index in [4.69, 9.17) is 21.4 Å². The van der Waals surface area contributed by atoms with E-state index in [2.05, 4.69) is 5.32 Å². The zero-order valence-corrected chi connectivity index (χ0v) is 21.7. The molecule has 4 N–H and O–H groups in total. The topological polar surface area (TPSA) is 142 Å². The van der Waals surface area contributed by atoms with E-state index in [1.54, 1.807) is 6.07 Å². The van der Waals surface area contributed by atoms with Crippen LogP contribution in [0.3, 0.4) is 0 Å². The summed E-state index contributed by atoms with van der Waals surface area (Å²) >= 11 is 3.90. The summed E-state index contributed by atoms with van der Waals surface area (Å²) in [5, 5.41) is 32.7. The standard InChI is InChI=1S/C26H29ClN2O7S/c1-29(37(34)35)23-14-19(7-10-24(23)30)25(31)16-28-12-13-36-20-8-9-21(22(27)15-20)18-5-2-17(3-6-18)4-11-26(32)33/h2-3,5-10,14-15,25,28,30-31H,4,11-13,16H2,1H3,(H,32,33)(H,34,35)/p-1. The van der Waals surface area contributed by atoms with Crippen molar-refractivity contribution in [3.8, 4) is 22.6 Å². The Morgan fingerprint density at radius 3 is 2.54 bits per heavy atom. The molecule has 9 nitrogen and oxygen atoms in total. The van der Waals surface area contributed by atoms with Crippen molar-refractivity contribution in [3.05, 3.63) is 76.8 Å². The van der Waals surface area contributed by atoms with E-state index in [-0.39, 0.29) is 24.4 Å². The highest BCUT2D eigenvalue weighted by Gasteiger charge is 2.13. The maximum Gasteiger partial charge on any atom is 0.303 e. The third-order valence-electron chi connectivity index (χ3n) is 5.67. The van der Waals surface area contributed by atoms with Gasteiger partial charge in [-0.25, -0.2) is 0 Å². The number of nitrogens with one attached hydrogen (secondary N) is 1. The molecule has 0 saturated heterocycles. The van der Waals surface area contributed by atoms with E-state index < -0.39 is 23.3 Å². The number of rotatable bonds is 13. The summed E-state index contributed by atoms with van der Waals surface area (Å²) < 4.78 is 28.9. The van der Waals surface area contributed by atoms with Gasteiger partial charge in [-0.3, -0.25) is 9.00 Å². The third kappa shape index (κ3) is 8.17. The first-order chi connectivity index (χ1) is 17.7. The van der Waals surface area contributed by atoms with Crippen LogP contribution < -0.4 is 14.4 Å². The number of carboxylic acid groups (broad SMARTS) is 1. The third-order valence-corrected chi connectivity index (χ3v) is 6.62. The molecule has 11 heteroatoms. The van der Waals surface area contributed by atoms with Crippen LogP contribution in [0.25, 0.3) is 11.1 Å². The predicted molar refractivity (Wildman–Crippen MR) is 142 cm³/mol. The highest BCUT2D eigenvalue weighted by atomic mass is 35.5. The minimum absolute atomic E-state index is 0.0719. The number of aromatic hydroxyl groups is 1. The number of aryl methyl sites for hydroxylation is 1. The molecule has 0 radical (unpaired) electrons. The van der Waals surface area contributed by atoms with Gasteiger partial charge in [-0.2, -0.15) is 0 Å². The summed E-state index contributed by atoms with van der Waals surface area (Å²) in [7, 11) is 1.30. The Bertz CT molecular complexity index is 1240. The van der Waals surface area contributed by atoms with Crippen LogP contribution in [0.15, 0.2) is 60.7 Å². The Balaban J connectivity index is 1.48. The summed E-state index contributed by atoms with van der Waals surface area (Å²) in [5.74, 6) is -0.447. The Kier molecular flexibility index (Phi) is 10.3. The lowest BCUT2D eigenvalue weighted by Gasteiger charge is -2.23.